The molecular weight excluding hydrogens is 214 g/mol. The predicted molar refractivity (Wildman–Crippen MR) is 64.6 cm³/mol. The molecule has 1 aromatic rings. The summed E-state index contributed by atoms with van der Waals surface area (Å²) in [6.45, 7) is 2.00. The Labute approximate surface area is 101 Å². The topological polar surface area (TPSA) is 54.0 Å². The SMILES string of the molecule is O=C1NC2(CCNCC2)C[C@@H]1c1cccnc1. The number of rotatable bonds is 1. The van der Waals surface area contributed by atoms with Gasteiger partial charge in [-0.1, -0.05) is 6.07 Å². The molecular formula is C13H17N3O. The van der Waals surface area contributed by atoms with E-state index in [0.29, 0.717) is 0 Å². The van der Waals surface area contributed by atoms with Gasteiger partial charge in [-0.2, -0.15) is 0 Å². The number of carbonyl (C=O) groups excluding carboxylic acids is 1. The maximum absolute atomic E-state index is 12.1. The zero-order valence-electron chi connectivity index (χ0n) is 9.78. The fourth-order valence-electron chi connectivity index (χ4n) is 2.97. The Morgan fingerprint density at radius 3 is 2.88 bits per heavy atom. The maximum Gasteiger partial charge on any atom is 0.228 e. The van der Waals surface area contributed by atoms with Crippen LogP contribution in [0.1, 0.15) is 30.7 Å². The minimum absolute atomic E-state index is 0.0122. The van der Waals surface area contributed by atoms with E-state index in [0.717, 1.165) is 37.9 Å². The highest BCUT2D eigenvalue weighted by Gasteiger charge is 2.44. The number of nitrogens with one attached hydrogen (secondary N) is 2. The number of hydrogen-bond donors (Lipinski definition) is 2. The second-order valence-electron chi connectivity index (χ2n) is 5.06. The average molecular weight is 231 g/mol. The highest BCUT2D eigenvalue weighted by molar-refractivity contribution is 5.87. The van der Waals surface area contributed by atoms with Crippen molar-refractivity contribution in [2.75, 3.05) is 13.1 Å². The number of piperidine rings is 1. The quantitative estimate of drug-likeness (QED) is 0.752. The molecule has 0 bridgehead atoms. The Kier molecular flexibility index (Phi) is 2.59. The molecule has 2 aliphatic rings. The molecule has 2 N–H and O–H groups in total. The van der Waals surface area contributed by atoms with E-state index in [1.54, 1.807) is 6.20 Å². The number of aromatic nitrogens is 1. The van der Waals surface area contributed by atoms with Crippen LogP contribution in [0, 0.1) is 0 Å². The third-order valence-electron chi connectivity index (χ3n) is 3.95. The lowest BCUT2D eigenvalue weighted by molar-refractivity contribution is -0.121. The van der Waals surface area contributed by atoms with Gasteiger partial charge in [0.25, 0.3) is 0 Å². The van der Waals surface area contributed by atoms with Crippen molar-refractivity contribution in [3.05, 3.63) is 30.1 Å². The van der Waals surface area contributed by atoms with Gasteiger partial charge in [0.2, 0.25) is 5.91 Å². The second-order valence-corrected chi connectivity index (χ2v) is 5.06. The molecule has 2 saturated heterocycles. The van der Waals surface area contributed by atoms with Crippen LogP contribution in [0.25, 0.3) is 0 Å². The smallest absolute Gasteiger partial charge is 0.228 e. The van der Waals surface area contributed by atoms with Crippen LogP contribution in [0.3, 0.4) is 0 Å². The molecule has 0 aromatic carbocycles. The minimum atomic E-state index is -0.0122. The van der Waals surface area contributed by atoms with Gasteiger partial charge in [-0.05, 0) is 44.0 Å². The molecule has 1 atom stereocenters. The van der Waals surface area contributed by atoms with Gasteiger partial charge < -0.3 is 10.6 Å². The zero-order valence-corrected chi connectivity index (χ0v) is 9.78. The van der Waals surface area contributed by atoms with Gasteiger partial charge in [-0.25, -0.2) is 0 Å². The average Bonchev–Trinajstić information content (AvgIpc) is 2.68. The lowest BCUT2D eigenvalue weighted by Crippen LogP contribution is -2.49. The molecule has 90 valence electrons. The molecule has 2 fully saturated rings. The van der Waals surface area contributed by atoms with E-state index in [9.17, 15) is 4.79 Å². The molecule has 3 rings (SSSR count). The van der Waals surface area contributed by atoms with Crippen LogP contribution in [-0.2, 0) is 4.79 Å². The Bertz CT molecular complexity index is 412. The third kappa shape index (κ3) is 1.93. The predicted octanol–water partition coefficient (Wildman–Crippen LogP) is 0.807. The lowest BCUT2D eigenvalue weighted by Gasteiger charge is -2.33. The summed E-state index contributed by atoms with van der Waals surface area (Å²) in [4.78, 5) is 16.2. The molecule has 4 nitrogen and oxygen atoms in total. The van der Waals surface area contributed by atoms with Gasteiger partial charge in [-0.15, -0.1) is 0 Å². The highest BCUT2D eigenvalue weighted by Crippen LogP contribution is 2.37. The fraction of sp³-hybridized carbons (Fsp3) is 0.538. The molecule has 1 aromatic heterocycles. The second kappa shape index (κ2) is 4.11. The molecule has 1 spiro atoms. The first-order valence-corrected chi connectivity index (χ1v) is 6.22. The summed E-state index contributed by atoms with van der Waals surface area (Å²) in [5, 5.41) is 6.55. The molecule has 0 saturated carbocycles. The van der Waals surface area contributed by atoms with E-state index in [4.69, 9.17) is 0 Å². The van der Waals surface area contributed by atoms with Crippen molar-refractivity contribution in [3.63, 3.8) is 0 Å². The summed E-state index contributed by atoms with van der Waals surface area (Å²) in [6, 6.07) is 3.90. The number of hydrogen-bond acceptors (Lipinski definition) is 3. The summed E-state index contributed by atoms with van der Waals surface area (Å²) in [6.07, 6.45) is 6.55. The molecule has 4 heteroatoms. The van der Waals surface area contributed by atoms with Gasteiger partial charge in [0.05, 0.1) is 5.92 Å². The molecule has 17 heavy (non-hydrogen) atoms. The standard InChI is InChI=1S/C13H17N3O/c17-12-11(10-2-1-5-15-9-10)8-13(16-12)3-6-14-7-4-13/h1-2,5,9,11,14H,3-4,6-8H2,(H,16,17)/t11-/m1/s1. The number of amides is 1. The third-order valence-corrected chi connectivity index (χ3v) is 3.95. The lowest BCUT2D eigenvalue weighted by atomic mass is 9.83. The van der Waals surface area contributed by atoms with Crippen LogP contribution in [0.2, 0.25) is 0 Å². The largest absolute Gasteiger partial charge is 0.350 e. The first-order chi connectivity index (χ1) is 8.29. The monoisotopic (exact) mass is 231 g/mol. The van der Waals surface area contributed by atoms with Crippen molar-refractivity contribution in [1.82, 2.24) is 15.6 Å². The van der Waals surface area contributed by atoms with Crippen molar-refractivity contribution in [1.29, 1.82) is 0 Å². The summed E-state index contributed by atoms with van der Waals surface area (Å²) in [7, 11) is 0. The summed E-state index contributed by atoms with van der Waals surface area (Å²) in [5.41, 5.74) is 1.07. The van der Waals surface area contributed by atoms with Gasteiger partial charge in [0, 0.05) is 17.9 Å². The first-order valence-electron chi connectivity index (χ1n) is 6.22. The van der Waals surface area contributed by atoms with Gasteiger partial charge in [0.15, 0.2) is 0 Å². The number of pyridine rings is 1. The van der Waals surface area contributed by atoms with E-state index in [1.807, 2.05) is 18.3 Å². The van der Waals surface area contributed by atoms with Crippen LogP contribution in [0.15, 0.2) is 24.5 Å². The van der Waals surface area contributed by atoms with Crippen LogP contribution >= 0.6 is 0 Å². The van der Waals surface area contributed by atoms with Crippen LogP contribution < -0.4 is 10.6 Å². The molecule has 0 aliphatic carbocycles. The first kappa shape index (κ1) is 10.7. The molecule has 1 amide bonds. The van der Waals surface area contributed by atoms with Gasteiger partial charge in [-0.3, -0.25) is 9.78 Å². The normalized spacial score (nSPS) is 27.1. The summed E-state index contributed by atoms with van der Waals surface area (Å²) >= 11 is 0. The Hall–Kier alpha value is -1.42. The summed E-state index contributed by atoms with van der Waals surface area (Å²) < 4.78 is 0. The van der Waals surface area contributed by atoms with E-state index in [-0.39, 0.29) is 17.4 Å². The van der Waals surface area contributed by atoms with Crippen molar-refractivity contribution < 1.29 is 4.79 Å². The molecule has 2 aliphatic heterocycles. The fourth-order valence-corrected chi connectivity index (χ4v) is 2.97. The zero-order chi connectivity index (χ0) is 11.7. The Balaban J connectivity index is 1.82. The van der Waals surface area contributed by atoms with Crippen LogP contribution in [0.4, 0.5) is 0 Å². The van der Waals surface area contributed by atoms with Gasteiger partial charge >= 0.3 is 0 Å². The highest BCUT2D eigenvalue weighted by atomic mass is 16.2. The number of nitrogens with zero attached hydrogens (tertiary/aromatic N) is 1. The molecule has 0 unspecified atom stereocenters. The maximum atomic E-state index is 12.1. The van der Waals surface area contributed by atoms with Crippen LogP contribution in [-0.4, -0.2) is 29.5 Å². The Morgan fingerprint density at radius 1 is 1.35 bits per heavy atom. The van der Waals surface area contributed by atoms with Crippen molar-refractivity contribution >= 4 is 5.91 Å². The van der Waals surface area contributed by atoms with E-state index >= 15 is 0 Å². The van der Waals surface area contributed by atoms with E-state index in [1.165, 1.54) is 0 Å². The van der Waals surface area contributed by atoms with Crippen molar-refractivity contribution in [3.8, 4) is 0 Å². The van der Waals surface area contributed by atoms with Crippen molar-refractivity contribution in [2.45, 2.75) is 30.7 Å². The molecule has 0 radical (unpaired) electrons. The Morgan fingerprint density at radius 2 is 2.18 bits per heavy atom. The minimum Gasteiger partial charge on any atom is -0.350 e. The van der Waals surface area contributed by atoms with E-state index in [2.05, 4.69) is 15.6 Å². The van der Waals surface area contributed by atoms with Crippen LogP contribution in [0.5, 0.6) is 0 Å². The van der Waals surface area contributed by atoms with Gasteiger partial charge in [0.1, 0.15) is 0 Å². The summed E-state index contributed by atoms with van der Waals surface area (Å²) in [5.74, 6) is 0.154. The molecule has 3 heterocycles. The number of carbonyl (C=O) groups is 1. The van der Waals surface area contributed by atoms with Crippen molar-refractivity contribution in [2.24, 2.45) is 0 Å². The van der Waals surface area contributed by atoms with E-state index < -0.39 is 0 Å².